The Morgan fingerprint density at radius 1 is 1.27 bits per heavy atom. The number of methoxy groups -OCH3 is 2. The first kappa shape index (κ1) is 17.0. The lowest BCUT2D eigenvalue weighted by molar-refractivity contribution is -0.148. The summed E-state index contributed by atoms with van der Waals surface area (Å²) in [5, 5.41) is 10.9. The standard InChI is InChI=1S/C14H15N3O5/c1-20-12(18)8-11(13(19)21-2)17-14(16-9-15)22-10-6-4-3-5-7-10/h3-7,11H,8H2,1-2H3,(H,16,17). The summed E-state index contributed by atoms with van der Waals surface area (Å²) >= 11 is 0. The molecule has 8 nitrogen and oxygen atoms in total. The van der Waals surface area contributed by atoms with Crippen LogP contribution in [-0.4, -0.2) is 38.2 Å². The number of carbonyl (C=O) groups is 2. The molecule has 0 heterocycles. The number of ether oxygens (including phenoxy) is 3. The molecule has 1 unspecified atom stereocenters. The summed E-state index contributed by atoms with van der Waals surface area (Å²) in [4.78, 5) is 26.9. The SMILES string of the molecule is COC(=O)CC(N=C(NC#N)Oc1ccccc1)C(=O)OC. The lowest BCUT2D eigenvalue weighted by Gasteiger charge is -2.12. The van der Waals surface area contributed by atoms with Crippen molar-refractivity contribution in [3.63, 3.8) is 0 Å². The molecule has 0 bridgehead atoms. The molecule has 1 N–H and O–H groups in total. The molecule has 0 amide bonds. The van der Waals surface area contributed by atoms with E-state index >= 15 is 0 Å². The second-order valence-corrected chi connectivity index (χ2v) is 3.91. The van der Waals surface area contributed by atoms with E-state index in [-0.39, 0.29) is 12.4 Å². The van der Waals surface area contributed by atoms with Crippen LogP contribution >= 0.6 is 0 Å². The molecular formula is C14H15N3O5. The predicted molar refractivity (Wildman–Crippen MR) is 75.7 cm³/mol. The topological polar surface area (TPSA) is 110 Å². The van der Waals surface area contributed by atoms with Crippen molar-refractivity contribution >= 4 is 18.0 Å². The zero-order valence-electron chi connectivity index (χ0n) is 12.1. The fourth-order valence-corrected chi connectivity index (χ4v) is 1.43. The molecular weight excluding hydrogens is 290 g/mol. The van der Waals surface area contributed by atoms with E-state index in [0.717, 1.165) is 7.11 Å². The molecule has 0 saturated heterocycles. The minimum Gasteiger partial charge on any atom is -0.469 e. The molecule has 1 rings (SSSR count). The van der Waals surface area contributed by atoms with E-state index in [1.165, 1.54) is 7.11 Å². The van der Waals surface area contributed by atoms with Crippen LogP contribution in [0.25, 0.3) is 0 Å². The minimum atomic E-state index is -1.18. The Kier molecular flexibility index (Phi) is 6.92. The number of esters is 2. The molecule has 0 aromatic heterocycles. The van der Waals surface area contributed by atoms with Gasteiger partial charge in [-0.15, -0.1) is 0 Å². The van der Waals surface area contributed by atoms with Crippen molar-refractivity contribution in [2.45, 2.75) is 12.5 Å². The van der Waals surface area contributed by atoms with Gasteiger partial charge in [-0.05, 0) is 12.1 Å². The van der Waals surface area contributed by atoms with Crippen molar-refractivity contribution in [3.05, 3.63) is 30.3 Å². The van der Waals surface area contributed by atoms with Gasteiger partial charge in [-0.3, -0.25) is 4.79 Å². The van der Waals surface area contributed by atoms with Crippen LogP contribution in [-0.2, 0) is 19.1 Å². The number of nitrogens with one attached hydrogen (secondary N) is 1. The number of carbonyl (C=O) groups excluding carboxylic acids is 2. The normalized spacial score (nSPS) is 11.8. The smallest absolute Gasteiger partial charge is 0.331 e. The number of nitrogens with zero attached hydrogens (tertiary/aromatic N) is 2. The van der Waals surface area contributed by atoms with Gasteiger partial charge in [0.25, 0.3) is 0 Å². The Morgan fingerprint density at radius 2 is 1.95 bits per heavy atom. The Labute approximate surface area is 127 Å². The Balaban J connectivity index is 2.97. The van der Waals surface area contributed by atoms with Crippen LogP contribution in [0.5, 0.6) is 5.75 Å². The van der Waals surface area contributed by atoms with Gasteiger partial charge >= 0.3 is 18.0 Å². The van der Waals surface area contributed by atoms with Gasteiger partial charge in [0.05, 0.1) is 20.6 Å². The molecule has 0 radical (unpaired) electrons. The number of para-hydroxylation sites is 1. The Bertz CT molecular complexity index is 580. The highest BCUT2D eigenvalue weighted by molar-refractivity contribution is 5.86. The van der Waals surface area contributed by atoms with Crippen LogP contribution in [0, 0.1) is 11.5 Å². The van der Waals surface area contributed by atoms with E-state index in [1.807, 2.05) is 0 Å². The van der Waals surface area contributed by atoms with Crippen LogP contribution in [0.4, 0.5) is 0 Å². The fraction of sp³-hybridized carbons (Fsp3) is 0.286. The van der Waals surface area contributed by atoms with E-state index < -0.39 is 18.0 Å². The number of rotatable bonds is 5. The molecule has 1 aromatic rings. The highest BCUT2D eigenvalue weighted by atomic mass is 16.5. The van der Waals surface area contributed by atoms with E-state index in [2.05, 4.69) is 19.8 Å². The third kappa shape index (κ3) is 5.50. The first-order valence-electron chi connectivity index (χ1n) is 6.21. The van der Waals surface area contributed by atoms with Gasteiger partial charge < -0.3 is 14.2 Å². The summed E-state index contributed by atoms with van der Waals surface area (Å²) in [5.41, 5.74) is 0. The lowest BCUT2D eigenvalue weighted by Crippen LogP contribution is -2.31. The van der Waals surface area contributed by atoms with Crippen molar-refractivity contribution in [2.75, 3.05) is 14.2 Å². The molecule has 0 aliphatic heterocycles. The van der Waals surface area contributed by atoms with Gasteiger partial charge in [0.1, 0.15) is 5.75 Å². The maximum absolute atomic E-state index is 11.7. The zero-order valence-corrected chi connectivity index (χ0v) is 12.1. The van der Waals surface area contributed by atoms with E-state index in [1.54, 1.807) is 36.5 Å². The maximum Gasteiger partial charge on any atom is 0.331 e. The average Bonchev–Trinajstić information content (AvgIpc) is 2.54. The van der Waals surface area contributed by atoms with E-state index in [9.17, 15) is 9.59 Å². The summed E-state index contributed by atoms with van der Waals surface area (Å²) in [6.07, 6.45) is 1.31. The molecule has 1 aromatic carbocycles. The molecule has 8 heteroatoms. The summed E-state index contributed by atoms with van der Waals surface area (Å²) in [6.45, 7) is 0. The monoisotopic (exact) mass is 305 g/mol. The van der Waals surface area contributed by atoms with Gasteiger partial charge in [0.15, 0.2) is 12.2 Å². The van der Waals surface area contributed by atoms with Gasteiger partial charge in [-0.2, -0.15) is 5.26 Å². The van der Waals surface area contributed by atoms with Crippen LogP contribution in [0.15, 0.2) is 35.3 Å². The quantitative estimate of drug-likeness (QED) is 0.279. The van der Waals surface area contributed by atoms with E-state index in [4.69, 9.17) is 10.00 Å². The average molecular weight is 305 g/mol. The molecule has 116 valence electrons. The molecule has 0 saturated carbocycles. The Hall–Kier alpha value is -3.08. The van der Waals surface area contributed by atoms with Crippen molar-refractivity contribution in [3.8, 4) is 11.9 Å². The molecule has 0 aliphatic carbocycles. The maximum atomic E-state index is 11.7. The number of aliphatic imine (C=N–C) groups is 1. The predicted octanol–water partition coefficient (Wildman–Crippen LogP) is 0.597. The van der Waals surface area contributed by atoms with Crippen molar-refractivity contribution in [2.24, 2.45) is 4.99 Å². The first-order chi connectivity index (χ1) is 10.6. The van der Waals surface area contributed by atoms with Gasteiger partial charge in [0.2, 0.25) is 0 Å². The minimum absolute atomic E-state index is 0.229. The number of amidine groups is 1. The highest BCUT2D eigenvalue weighted by Crippen LogP contribution is 2.10. The molecule has 0 spiro atoms. The summed E-state index contributed by atoms with van der Waals surface area (Å²) in [5.74, 6) is -0.986. The Morgan fingerprint density at radius 3 is 2.50 bits per heavy atom. The van der Waals surface area contributed by atoms with Crippen molar-refractivity contribution < 1.29 is 23.8 Å². The van der Waals surface area contributed by atoms with Crippen molar-refractivity contribution in [1.82, 2.24) is 5.32 Å². The second kappa shape index (κ2) is 8.97. The number of hydrogen-bond donors (Lipinski definition) is 1. The third-order valence-electron chi connectivity index (χ3n) is 2.45. The van der Waals surface area contributed by atoms with Gasteiger partial charge in [-0.25, -0.2) is 15.1 Å². The largest absolute Gasteiger partial charge is 0.469 e. The molecule has 0 aliphatic rings. The summed E-state index contributed by atoms with van der Waals surface area (Å²) in [7, 11) is 2.35. The first-order valence-corrected chi connectivity index (χ1v) is 6.21. The van der Waals surface area contributed by atoms with Crippen LogP contribution in [0.2, 0.25) is 0 Å². The number of nitriles is 1. The molecule has 0 fully saturated rings. The fourth-order valence-electron chi connectivity index (χ4n) is 1.43. The zero-order chi connectivity index (χ0) is 16.4. The number of hydrogen-bond acceptors (Lipinski definition) is 7. The van der Waals surface area contributed by atoms with Gasteiger partial charge in [0, 0.05) is 0 Å². The lowest BCUT2D eigenvalue weighted by atomic mass is 10.2. The van der Waals surface area contributed by atoms with Crippen LogP contribution in [0.3, 0.4) is 0 Å². The van der Waals surface area contributed by atoms with Crippen LogP contribution < -0.4 is 10.1 Å². The summed E-state index contributed by atoms with van der Waals surface area (Å²) in [6, 6.07) is 7.11. The molecule has 1 atom stereocenters. The van der Waals surface area contributed by atoms with Crippen LogP contribution in [0.1, 0.15) is 6.42 Å². The summed E-state index contributed by atoms with van der Waals surface area (Å²) < 4.78 is 14.4. The third-order valence-corrected chi connectivity index (χ3v) is 2.45. The van der Waals surface area contributed by atoms with E-state index in [0.29, 0.717) is 5.75 Å². The number of benzene rings is 1. The highest BCUT2D eigenvalue weighted by Gasteiger charge is 2.24. The van der Waals surface area contributed by atoms with Gasteiger partial charge in [-0.1, -0.05) is 18.2 Å². The second-order valence-electron chi connectivity index (χ2n) is 3.91. The van der Waals surface area contributed by atoms with Crippen molar-refractivity contribution in [1.29, 1.82) is 5.26 Å². The molecule has 22 heavy (non-hydrogen) atoms.